The molecule has 36 heavy (non-hydrogen) atoms. The van der Waals surface area contributed by atoms with Crippen molar-refractivity contribution in [3.8, 4) is 29.2 Å². The Balaban J connectivity index is 0.000000202. The van der Waals surface area contributed by atoms with Crippen LogP contribution in [-0.4, -0.2) is 46.1 Å². The Hall–Kier alpha value is -4.42. The number of nitrogens with two attached hydrogens (primary N) is 1. The Morgan fingerprint density at radius 2 is 2.00 bits per heavy atom. The van der Waals surface area contributed by atoms with Gasteiger partial charge in [-0.2, -0.15) is 0 Å². The molecule has 1 aromatic carbocycles. The summed E-state index contributed by atoms with van der Waals surface area (Å²) >= 11 is 0. The Bertz CT molecular complexity index is 1320. The maximum Gasteiger partial charge on any atom is 0.267 e. The number of primary amides is 1. The minimum Gasteiger partial charge on any atom is -0.491 e. The molecule has 0 unspecified atom stereocenters. The van der Waals surface area contributed by atoms with Crippen LogP contribution in [0.1, 0.15) is 42.0 Å². The number of hydrogen-bond acceptors (Lipinski definition) is 7. The Morgan fingerprint density at radius 3 is 2.69 bits per heavy atom. The standard InChI is InChI=1S/C15H17NO3.C12H11N3O2/c1-15(2,18)8-6-11-4-5-13-12(10-11)16(3)14(17)7-9-19-13;1-8-3-2-4-11(15-8)17-9-5-6-14-10(7-9)12(13)16/h4-5,10,18H,7,9H2,1-3H3;2-7H,1H3,(H2,13,16). The van der Waals surface area contributed by atoms with Gasteiger partial charge < -0.3 is 25.2 Å². The SMILES string of the molecule is CN1C(=O)CCOc2ccc(C#CC(C)(C)O)cc21.Cc1cccc(Oc2ccnc(C(N)=O)c2)n1. The summed E-state index contributed by atoms with van der Waals surface area (Å²) in [6.07, 6.45) is 1.83. The van der Waals surface area contributed by atoms with Crippen molar-refractivity contribution in [3.63, 3.8) is 0 Å². The number of benzene rings is 1. The molecule has 0 spiro atoms. The summed E-state index contributed by atoms with van der Waals surface area (Å²) in [4.78, 5) is 32.3. The van der Waals surface area contributed by atoms with Gasteiger partial charge in [0.25, 0.3) is 5.91 Å². The molecular formula is C27H28N4O5. The number of rotatable bonds is 3. The summed E-state index contributed by atoms with van der Waals surface area (Å²) in [5, 5.41) is 9.59. The Kier molecular flexibility index (Phi) is 8.25. The van der Waals surface area contributed by atoms with E-state index in [9.17, 15) is 14.7 Å². The van der Waals surface area contributed by atoms with Crippen LogP contribution in [0.4, 0.5) is 5.69 Å². The highest BCUT2D eigenvalue weighted by Crippen LogP contribution is 2.31. The fourth-order valence-corrected chi connectivity index (χ4v) is 3.06. The van der Waals surface area contributed by atoms with Crippen molar-refractivity contribution in [2.75, 3.05) is 18.6 Å². The average Bonchev–Trinajstić information content (AvgIpc) is 2.96. The molecule has 0 radical (unpaired) electrons. The van der Waals surface area contributed by atoms with E-state index in [1.54, 1.807) is 50.1 Å². The van der Waals surface area contributed by atoms with Crippen molar-refractivity contribution >= 4 is 17.5 Å². The predicted molar refractivity (Wildman–Crippen MR) is 135 cm³/mol. The maximum atomic E-state index is 11.8. The lowest BCUT2D eigenvalue weighted by Crippen LogP contribution is -2.25. The Labute approximate surface area is 209 Å². The van der Waals surface area contributed by atoms with E-state index in [0.717, 1.165) is 11.3 Å². The van der Waals surface area contributed by atoms with Crippen molar-refractivity contribution in [3.05, 3.63) is 71.7 Å². The number of anilines is 1. The molecule has 0 atom stereocenters. The van der Waals surface area contributed by atoms with Gasteiger partial charge in [0.1, 0.15) is 22.8 Å². The highest BCUT2D eigenvalue weighted by atomic mass is 16.5. The van der Waals surface area contributed by atoms with Crippen molar-refractivity contribution in [1.29, 1.82) is 0 Å². The van der Waals surface area contributed by atoms with Crippen LogP contribution >= 0.6 is 0 Å². The molecule has 2 amide bonds. The van der Waals surface area contributed by atoms with Gasteiger partial charge in [0.15, 0.2) is 0 Å². The van der Waals surface area contributed by atoms with Gasteiger partial charge in [-0.15, -0.1) is 0 Å². The highest BCUT2D eigenvalue weighted by Gasteiger charge is 2.20. The highest BCUT2D eigenvalue weighted by molar-refractivity contribution is 5.95. The third kappa shape index (κ3) is 7.55. The number of nitrogens with zero attached hydrogens (tertiary/aromatic N) is 3. The zero-order chi connectivity index (χ0) is 26.3. The second-order valence-electron chi connectivity index (χ2n) is 8.50. The number of fused-ring (bicyclic) bond motifs is 1. The first kappa shape index (κ1) is 26.2. The van der Waals surface area contributed by atoms with Crippen LogP contribution in [0.25, 0.3) is 0 Å². The molecule has 0 fully saturated rings. The fraction of sp³-hybridized carbons (Fsp3) is 0.259. The molecular weight excluding hydrogens is 460 g/mol. The second kappa shape index (κ2) is 11.3. The number of carbonyl (C=O) groups is 2. The van der Waals surface area contributed by atoms with E-state index in [2.05, 4.69) is 21.8 Å². The van der Waals surface area contributed by atoms with E-state index in [1.165, 1.54) is 12.3 Å². The molecule has 3 heterocycles. The summed E-state index contributed by atoms with van der Waals surface area (Å²) in [7, 11) is 1.73. The number of ether oxygens (including phenoxy) is 2. The first-order valence-electron chi connectivity index (χ1n) is 11.2. The first-order chi connectivity index (χ1) is 17.0. The smallest absolute Gasteiger partial charge is 0.267 e. The summed E-state index contributed by atoms with van der Waals surface area (Å²) in [6.45, 7) is 5.52. The molecule has 9 nitrogen and oxygen atoms in total. The van der Waals surface area contributed by atoms with E-state index in [1.807, 2.05) is 25.1 Å². The van der Waals surface area contributed by atoms with Crippen LogP contribution in [0.15, 0.2) is 54.7 Å². The second-order valence-corrected chi connectivity index (χ2v) is 8.50. The molecule has 0 bridgehead atoms. The molecule has 1 aliphatic heterocycles. The Morgan fingerprint density at radius 1 is 1.22 bits per heavy atom. The fourth-order valence-electron chi connectivity index (χ4n) is 3.06. The third-order valence-corrected chi connectivity index (χ3v) is 4.85. The topological polar surface area (TPSA) is 128 Å². The summed E-state index contributed by atoms with van der Waals surface area (Å²) in [6, 6.07) is 14.0. The number of carbonyl (C=O) groups excluding carboxylic acids is 2. The first-order valence-corrected chi connectivity index (χ1v) is 11.2. The van der Waals surface area contributed by atoms with Crippen LogP contribution < -0.4 is 20.1 Å². The quantitative estimate of drug-likeness (QED) is 0.542. The monoisotopic (exact) mass is 488 g/mol. The molecule has 0 aliphatic carbocycles. The van der Waals surface area contributed by atoms with Crippen LogP contribution in [-0.2, 0) is 4.79 Å². The molecule has 3 N–H and O–H groups in total. The van der Waals surface area contributed by atoms with E-state index in [-0.39, 0.29) is 11.6 Å². The van der Waals surface area contributed by atoms with E-state index in [4.69, 9.17) is 15.2 Å². The lowest BCUT2D eigenvalue weighted by Gasteiger charge is -2.16. The number of pyridine rings is 2. The minimum absolute atomic E-state index is 0.0198. The van der Waals surface area contributed by atoms with Crippen LogP contribution in [0.2, 0.25) is 0 Å². The van der Waals surface area contributed by atoms with Gasteiger partial charge in [0.05, 0.1) is 18.7 Å². The molecule has 186 valence electrons. The zero-order valence-electron chi connectivity index (χ0n) is 20.6. The molecule has 2 aromatic heterocycles. The van der Waals surface area contributed by atoms with Gasteiger partial charge in [-0.1, -0.05) is 17.9 Å². The van der Waals surface area contributed by atoms with Crippen LogP contribution in [0.3, 0.4) is 0 Å². The number of aromatic nitrogens is 2. The van der Waals surface area contributed by atoms with Gasteiger partial charge in [-0.25, -0.2) is 4.98 Å². The predicted octanol–water partition coefficient (Wildman–Crippen LogP) is 3.23. The summed E-state index contributed by atoms with van der Waals surface area (Å²) in [5.74, 6) is 6.70. The minimum atomic E-state index is -1.04. The molecule has 0 saturated carbocycles. The molecule has 3 aromatic rings. The van der Waals surface area contributed by atoms with Gasteiger partial charge in [-0.05, 0) is 51.1 Å². The van der Waals surface area contributed by atoms with Crippen LogP contribution in [0, 0.1) is 18.8 Å². The number of amides is 2. The van der Waals surface area contributed by atoms with Crippen molar-refractivity contribution in [2.24, 2.45) is 5.73 Å². The number of hydrogen-bond donors (Lipinski definition) is 2. The zero-order valence-corrected chi connectivity index (χ0v) is 20.6. The summed E-state index contributed by atoms with van der Waals surface area (Å²) < 4.78 is 11.0. The average molecular weight is 489 g/mol. The van der Waals surface area contributed by atoms with Crippen LogP contribution in [0.5, 0.6) is 17.4 Å². The van der Waals surface area contributed by atoms with E-state index < -0.39 is 11.5 Å². The third-order valence-electron chi connectivity index (χ3n) is 4.85. The van der Waals surface area contributed by atoms with E-state index in [0.29, 0.717) is 36.1 Å². The normalized spacial score (nSPS) is 12.6. The molecule has 9 heteroatoms. The maximum absolute atomic E-state index is 11.8. The molecule has 0 saturated heterocycles. The van der Waals surface area contributed by atoms with E-state index >= 15 is 0 Å². The van der Waals surface area contributed by atoms with Crippen molar-refractivity contribution < 1.29 is 24.2 Å². The lowest BCUT2D eigenvalue weighted by atomic mass is 10.1. The number of aryl methyl sites for hydroxylation is 1. The van der Waals surface area contributed by atoms with Crippen molar-refractivity contribution in [2.45, 2.75) is 32.8 Å². The largest absolute Gasteiger partial charge is 0.491 e. The molecule has 1 aliphatic rings. The molecule has 4 rings (SSSR count). The van der Waals surface area contributed by atoms with Gasteiger partial charge in [-0.3, -0.25) is 14.6 Å². The summed E-state index contributed by atoms with van der Waals surface area (Å²) in [5.41, 5.74) is 6.56. The van der Waals surface area contributed by atoms with Gasteiger partial charge in [0.2, 0.25) is 11.8 Å². The van der Waals surface area contributed by atoms with Crippen molar-refractivity contribution in [1.82, 2.24) is 9.97 Å². The van der Waals surface area contributed by atoms with Gasteiger partial charge >= 0.3 is 0 Å². The number of aliphatic hydroxyl groups is 1. The lowest BCUT2D eigenvalue weighted by molar-refractivity contribution is -0.118. The van der Waals surface area contributed by atoms with Gasteiger partial charge in [0, 0.05) is 36.6 Å².